The largest absolute Gasteiger partial charge is 0.481 e. The summed E-state index contributed by atoms with van der Waals surface area (Å²) in [6.07, 6.45) is 1.27. The molecular weight excluding hydrogens is 234 g/mol. The number of aromatic nitrogens is 1. The van der Waals surface area contributed by atoms with E-state index in [4.69, 9.17) is 5.11 Å². The number of carboxylic acid groups (broad SMARTS) is 2. The van der Waals surface area contributed by atoms with Crippen LogP contribution in [0.3, 0.4) is 0 Å². The molecule has 0 fully saturated rings. The van der Waals surface area contributed by atoms with Crippen LogP contribution in [0.4, 0.5) is 0 Å². The monoisotopic (exact) mass is 247 g/mol. The third-order valence-corrected chi connectivity index (χ3v) is 2.98. The molecule has 18 heavy (non-hydrogen) atoms. The average molecular weight is 247 g/mol. The zero-order valence-corrected chi connectivity index (χ0v) is 9.83. The van der Waals surface area contributed by atoms with Crippen molar-refractivity contribution < 1.29 is 19.8 Å². The fraction of sp³-hybridized carbons (Fsp3) is 0.231. The third kappa shape index (κ3) is 2.07. The van der Waals surface area contributed by atoms with E-state index < -0.39 is 24.3 Å². The van der Waals surface area contributed by atoms with Crippen molar-refractivity contribution in [3.63, 3.8) is 0 Å². The maximum absolute atomic E-state index is 11.2. The Morgan fingerprint density at radius 2 is 1.94 bits per heavy atom. The molecule has 1 atom stereocenters. The Morgan fingerprint density at radius 3 is 2.56 bits per heavy atom. The Balaban J connectivity index is 2.57. The first-order chi connectivity index (χ1) is 8.50. The molecule has 0 saturated heterocycles. The fourth-order valence-corrected chi connectivity index (χ4v) is 2.16. The number of para-hydroxylation sites is 1. The molecule has 1 heterocycles. The van der Waals surface area contributed by atoms with Gasteiger partial charge in [-0.3, -0.25) is 9.59 Å². The van der Waals surface area contributed by atoms with Gasteiger partial charge in [0.05, 0.1) is 12.3 Å². The molecule has 2 rings (SSSR count). The predicted molar refractivity (Wildman–Crippen MR) is 65.5 cm³/mol. The smallest absolute Gasteiger partial charge is 0.311 e. The van der Waals surface area contributed by atoms with Crippen molar-refractivity contribution in [3.8, 4) is 0 Å². The standard InChI is InChI=1S/C13H13NO4/c1-14-7-10(8-4-2-3-5-11(8)14)9(13(17)18)6-12(15)16/h2-5,7,9H,6H2,1H3,(H,15,16)(H,17,18)/t9-/m1/s1. The average Bonchev–Trinajstić information content (AvgIpc) is 2.64. The molecule has 5 nitrogen and oxygen atoms in total. The fourth-order valence-electron chi connectivity index (χ4n) is 2.16. The van der Waals surface area contributed by atoms with Crippen LogP contribution < -0.4 is 0 Å². The van der Waals surface area contributed by atoms with Gasteiger partial charge in [-0.1, -0.05) is 18.2 Å². The Labute approximate surface area is 103 Å². The molecule has 1 aromatic heterocycles. The summed E-state index contributed by atoms with van der Waals surface area (Å²) in [7, 11) is 1.81. The number of hydrogen-bond acceptors (Lipinski definition) is 2. The molecule has 1 aromatic carbocycles. The lowest BCUT2D eigenvalue weighted by atomic mass is 9.95. The number of benzene rings is 1. The van der Waals surface area contributed by atoms with Crippen molar-refractivity contribution in [1.82, 2.24) is 4.57 Å². The second kappa shape index (κ2) is 4.52. The van der Waals surface area contributed by atoms with Gasteiger partial charge in [0.15, 0.2) is 0 Å². The molecule has 0 bridgehead atoms. The number of carboxylic acids is 2. The zero-order chi connectivity index (χ0) is 13.3. The molecule has 0 amide bonds. The van der Waals surface area contributed by atoms with E-state index in [1.165, 1.54) is 0 Å². The number of fused-ring (bicyclic) bond motifs is 1. The topological polar surface area (TPSA) is 79.5 Å². The highest BCUT2D eigenvalue weighted by atomic mass is 16.4. The Morgan fingerprint density at radius 1 is 1.28 bits per heavy atom. The molecule has 0 aliphatic carbocycles. The summed E-state index contributed by atoms with van der Waals surface area (Å²) < 4.78 is 1.81. The van der Waals surface area contributed by atoms with Crippen LogP contribution in [0.5, 0.6) is 0 Å². The van der Waals surface area contributed by atoms with Gasteiger partial charge in [0.1, 0.15) is 0 Å². The summed E-state index contributed by atoms with van der Waals surface area (Å²) in [5.41, 5.74) is 1.44. The van der Waals surface area contributed by atoms with E-state index in [0.29, 0.717) is 5.56 Å². The first kappa shape index (κ1) is 12.2. The van der Waals surface area contributed by atoms with Crippen LogP contribution in [0.2, 0.25) is 0 Å². The second-order valence-corrected chi connectivity index (χ2v) is 4.20. The van der Waals surface area contributed by atoms with Crippen LogP contribution >= 0.6 is 0 Å². The molecule has 0 aliphatic heterocycles. The first-order valence-electron chi connectivity index (χ1n) is 5.49. The van der Waals surface area contributed by atoms with Crippen LogP contribution in [0.15, 0.2) is 30.5 Å². The maximum Gasteiger partial charge on any atom is 0.311 e. The number of nitrogens with zero attached hydrogens (tertiary/aromatic N) is 1. The number of rotatable bonds is 4. The molecule has 0 spiro atoms. The normalized spacial score (nSPS) is 12.5. The van der Waals surface area contributed by atoms with E-state index in [1.807, 2.05) is 35.9 Å². The number of hydrogen-bond donors (Lipinski definition) is 2. The molecular formula is C13H13NO4. The number of carbonyl (C=O) groups is 2. The van der Waals surface area contributed by atoms with E-state index in [2.05, 4.69) is 0 Å². The highest BCUT2D eigenvalue weighted by molar-refractivity contribution is 5.91. The zero-order valence-electron chi connectivity index (χ0n) is 9.83. The quantitative estimate of drug-likeness (QED) is 0.863. The van der Waals surface area contributed by atoms with Gasteiger partial charge in [0.25, 0.3) is 0 Å². The van der Waals surface area contributed by atoms with Crippen LogP contribution in [0, 0.1) is 0 Å². The van der Waals surface area contributed by atoms with E-state index in [9.17, 15) is 14.7 Å². The third-order valence-electron chi connectivity index (χ3n) is 2.98. The summed E-state index contributed by atoms with van der Waals surface area (Å²) in [5.74, 6) is -3.25. The van der Waals surface area contributed by atoms with Crippen LogP contribution in [0.1, 0.15) is 17.9 Å². The molecule has 5 heteroatoms. The van der Waals surface area contributed by atoms with E-state index in [-0.39, 0.29) is 0 Å². The van der Waals surface area contributed by atoms with E-state index >= 15 is 0 Å². The minimum Gasteiger partial charge on any atom is -0.481 e. The van der Waals surface area contributed by atoms with Gasteiger partial charge >= 0.3 is 11.9 Å². The van der Waals surface area contributed by atoms with Crippen molar-refractivity contribution in [1.29, 1.82) is 0 Å². The predicted octanol–water partition coefficient (Wildman–Crippen LogP) is 1.82. The minimum absolute atomic E-state index is 0.413. The van der Waals surface area contributed by atoms with Crippen molar-refractivity contribution in [2.24, 2.45) is 7.05 Å². The summed E-state index contributed by atoms with van der Waals surface area (Å²) >= 11 is 0. The first-order valence-corrected chi connectivity index (χ1v) is 5.49. The SMILES string of the molecule is Cn1cc([C@@H](CC(=O)O)C(=O)O)c2ccccc21. The molecule has 94 valence electrons. The maximum atomic E-state index is 11.2. The molecule has 2 aromatic rings. The van der Waals surface area contributed by atoms with Crippen molar-refractivity contribution in [3.05, 3.63) is 36.0 Å². The van der Waals surface area contributed by atoms with Gasteiger partial charge in [0.2, 0.25) is 0 Å². The number of aliphatic carboxylic acids is 2. The van der Waals surface area contributed by atoms with E-state index in [1.54, 1.807) is 6.20 Å². The Kier molecular flexibility index (Phi) is 3.06. The highest BCUT2D eigenvalue weighted by Crippen LogP contribution is 2.29. The summed E-state index contributed by atoms with van der Waals surface area (Å²) in [5, 5.41) is 18.8. The highest BCUT2D eigenvalue weighted by Gasteiger charge is 2.26. The Bertz CT molecular complexity index is 614. The van der Waals surface area contributed by atoms with Gasteiger partial charge in [-0.05, 0) is 11.6 Å². The molecule has 0 aliphatic rings. The lowest BCUT2D eigenvalue weighted by Crippen LogP contribution is -2.15. The van der Waals surface area contributed by atoms with Crippen molar-refractivity contribution in [2.45, 2.75) is 12.3 Å². The van der Waals surface area contributed by atoms with Crippen LogP contribution in [0.25, 0.3) is 10.9 Å². The lowest BCUT2D eigenvalue weighted by molar-refractivity contribution is -0.145. The summed E-state index contributed by atoms with van der Waals surface area (Å²) in [6.45, 7) is 0. The van der Waals surface area contributed by atoms with Gasteiger partial charge < -0.3 is 14.8 Å². The summed E-state index contributed by atoms with van der Waals surface area (Å²) in [4.78, 5) is 22.0. The second-order valence-electron chi connectivity index (χ2n) is 4.20. The lowest BCUT2D eigenvalue weighted by Gasteiger charge is -2.08. The molecule has 0 radical (unpaired) electrons. The Hall–Kier alpha value is -2.30. The molecule has 0 unspecified atom stereocenters. The van der Waals surface area contributed by atoms with Crippen LogP contribution in [-0.4, -0.2) is 26.7 Å². The van der Waals surface area contributed by atoms with Gasteiger partial charge in [-0.2, -0.15) is 0 Å². The minimum atomic E-state index is -1.12. The summed E-state index contributed by atoms with van der Waals surface area (Å²) in [6, 6.07) is 7.35. The van der Waals surface area contributed by atoms with Crippen LogP contribution in [-0.2, 0) is 16.6 Å². The molecule has 2 N–H and O–H groups in total. The number of aryl methyl sites for hydroxylation is 1. The molecule has 0 saturated carbocycles. The van der Waals surface area contributed by atoms with Gasteiger partial charge in [0, 0.05) is 24.1 Å². The van der Waals surface area contributed by atoms with Crippen molar-refractivity contribution in [2.75, 3.05) is 0 Å². The van der Waals surface area contributed by atoms with Crippen molar-refractivity contribution >= 4 is 22.8 Å². The van der Waals surface area contributed by atoms with Gasteiger partial charge in [-0.15, -0.1) is 0 Å². The van der Waals surface area contributed by atoms with E-state index in [0.717, 1.165) is 10.9 Å². The van der Waals surface area contributed by atoms with Gasteiger partial charge in [-0.25, -0.2) is 0 Å².